The zero-order chi connectivity index (χ0) is 18.6. The molecule has 4 aromatic rings. The zero-order valence-electron chi connectivity index (χ0n) is 16.3. The molecule has 0 aliphatic carbocycles. The number of benzene rings is 1. The molecule has 0 saturated heterocycles. The fourth-order valence-corrected chi connectivity index (χ4v) is 3.25. The van der Waals surface area contributed by atoms with Gasteiger partial charge in [0, 0.05) is 26.7 Å². The topological polar surface area (TPSA) is 29.9 Å². The van der Waals surface area contributed by atoms with Crippen LogP contribution in [0.3, 0.4) is 0 Å². The molecule has 0 N–H and O–H groups in total. The van der Waals surface area contributed by atoms with E-state index in [-0.39, 0.29) is 0 Å². The van der Waals surface area contributed by atoms with Crippen LogP contribution in [0.15, 0.2) is 47.0 Å². The molecule has 0 aliphatic rings. The molecule has 0 radical (unpaired) electrons. The van der Waals surface area contributed by atoms with Gasteiger partial charge in [0.2, 0.25) is 5.69 Å². The molecule has 3 heterocycles. The van der Waals surface area contributed by atoms with E-state index in [0.717, 1.165) is 44.6 Å². The normalized spacial score (nSPS) is 14.0. The first kappa shape index (κ1) is 10.9. The lowest BCUT2D eigenvalue weighted by molar-refractivity contribution is -0.660. The quantitative estimate of drug-likeness (QED) is 0.488. The highest BCUT2D eigenvalue weighted by molar-refractivity contribution is 6.04. The third-order valence-corrected chi connectivity index (χ3v) is 4.32. The van der Waals surface area contributed by atoms with Gasteiger partial charge in [0.25, 0.3) is 0 Å². The smallest absolute Gasteiger partial charge is 0.214 e. The van der Waals surface area contributed by atoms with E-state index in [4.69, 9.17) is 13.5 Å². The molecule has 3 heteroatoms. The molecular weight excluding hydrogens is 284 g/mol. The number of aryl methyl sites for hydroxylation is 4. The summed E-state index contributed by atoms with van der Waals surface area (Å²) in [6, 6.07) is 11.4. The van der Waals surface area contributed by atoms with Crippen LogP contribution in [-0.4, -0.2) is 4.98 Å². The zero-order valence-corrected chi connectivity index (χ0v) is 13.3. The highest BCUT2D eigenvalue weighted by atomic mass is 16.3. The first-order chi connectivity index (χ1) is 12.3. The van der Waals surface area contributed by atoms with E-state index in [2.05, 4.69) is 0 Å². The molecule has 23 heavy (non-hydrogen) atoms. The van der Waals surface area contributed by atoms with E-state index in [1.807, 2.05) is 55.8 Å². The minimum Gasteiger partial charge on any atom is -0.454 e. The highest BCUT2D eigenvalue weighted by Gasteiger charge is 2.21. The maximum Gasteiger partial charge on any atom is 0.214 e. The lowest BCUT2D eigenvalue weighted by Gasteiger charge is -2.08. The predicted octanol–water partition coefficient (Wildman–Crippen LogP) is 4.40. The summed E-state index contributed by atoms with van der Waals surface area (Å²) in [5.41, 5.74) is 6.53. The summed E-state index contributed by atoms with van der Waals surface area (Å²) in [5, 5.41) is 1.00. The Kier molecular flexibility index (Phi) is 2.34. The lowest BCUT2D eigenvalue weighted by Crippen LogP contribution is -2.31. The molecule has 0 spiro atoms. The number of fused-ring (bicyclic) bond motifs is 3. The van der Waals surface area contributed by atoms with Gasteiger partial charge in [-0.15, -0.1) is 0 Å². The molecule has 0 atom stereocenters. The van der Waals surface area contributed by atoms with Crippen LogP contribution in [0.2, 0.25) is 0 Å². The second-order valence-electron chi connectivity index (χ2n) is 5.89. The standard InChI is InChI=1S/C20H19N2O/c1-12-9-10-16(22(4)11-12)18-13(2)20-19(21-14(18)3)15-7-5-6-8-17(15)23-20/h5-11H,1-4H3/q+1/i1D3. The summed E-state index contributed by atoms with van der Waals surface area (Å²) < 4.78 is 30.7. The molecule has 0 bridgehead atoms. The molecular formula is C20H19N2O+. The van der Waals surface area contributed by atoms with Crippen molar-refractivity contribution in [1.82, 2.24) is 4.98 Å². The number of rotatable bonds is 1. The van der Waals surface area contributed by atoms with E-state index in [0.29, 0.717) is 5.56 Å². The van der Waals surface area contributed by atoms with Crippen LogP contribution in [0.25, 0.3) is 33.3 Å². The van der Waals surface area contributed by atoms with E-state index < -0.39 is 6.85 Å². The van der Waals surface area contributed by atoms with Crippen molar-refractivity contribution in [3.63, 3.8) is 0 Å². The van der Waals surface area contributed by atoms with Gasteiger partial charge in [0.1, 0.15) is 18.1 Å². The maximum absolute atomic E-state index is 7.59. The maximum atomic E-state index is 7.59. The lowest BCUT2D eigenvalue weighted by atomic mass is 10.0. The van der Waals surface area contributed by atoms with Crippen molar-refractivity contribution in [3.8, 4) is 11.3 Å². The van der Waals surface area contributed by atoms with Crippen molar-refractivity contribution < 1.29 is 13.1 Å². The Bertz CT molecular complexity index is 1160. The molecule has 0 aliphatic heterocycles. The Labute approximate surface area is 139 Å². The van der Waals surface area contributed by atoms with Gasteiger partial charge in [-0.3, -0.25) is 0 Å². The first-order valence-electron chi connectivity index (χ1n) is 9.06. The Morgan fingerprint density at radius 2 is 1.96 bits per heavy atom. The summed E-state index contributed by atoms with van der Waals surface area (Å²) in [7, 11) is 1.85. The number of hydrogen-bond donors (Lipinski definition) is 0. The van der Waals surface area contributed by atoms with E-state index in [1.165, 1.54) is 0 Å². The minimum atomic E-state index is -2.12. The van der Waals surface area contributed by atoms with Crippen molar-refractivity contribution in [2.45, 2.75) is 20.7 Å². The average molecular weight is 306 g/mol. The highest BCUT2D eigenvalue weighted by Crippen LogP contribution is 2.35. The van der Waals surface area contributed by atoms with Crippen molar-refractivity contribution in [2.75, 3.05) is 0 Å². The van der Waals surface area contributed by atoms with Gasteiger partial charge in [0.15, 0.2) is 11.8 Å². The minimum absolute atomic E-state index is 0.317. The second kappa shape index (κ2) is 4.92. The predicted molar refractivity (Wildman–Crippen MR) is 92.3 cm³/mol. The Morgan fingerprint density at radius 1 is 1.13 bits per heavy atom. The van der Waals surface area contributed by atoms with Crippen molar-refractivity contribution in [3.05, 3.63) is 59.4 Å². The number of nitrogens with zero attached hydrogens (tertiary/aromatic N) is 2. The molecule has 4 rings (SSSR count). The number of pyridine rings is 2. The molecule has 0 saturated carbocycles. The van der Waals surface area contributed by atoms with E-state index in [1.54, 1.807) is 12.3 Å². The third-order valence-electron chi connectivity index (χ3n) is 4.32. The average Bonchev–Trinajstić information content (AvgIpc) is 2.94. The van der Waals surface area contributed by atoms with Gasteiger partial charge in [-0.2, -0.15) is 0 Å². The molecule has 0 fully saturated rings. The van der Waals surface area contributed by atoms with Gasteiger partial charge < -0.3 is 4.42 Å². The molecule has 0 unspecified atom stereocenters. The van der Waals surface area contributed by atoms with Crippen molar-refractivity contribution >= 4 is 22.1 Å². The van der Waals surface area contributed by atoms with Gasteiger partial charge in [-0.25, -0.2) is 9.55 Å². The second-order valence-corrected chi connectivity index (χ2v) is 5.89. The molecule has 0 amide bonds. The van der Waals surface area contributed by atoms with E-state index >= 15 is 0 Å². The molecule has 3 nitrogen and oxygen atoms in total. The fourth-order valence-electron chi connectivity index (χ4n) is 3.25. The molecule has 3 aromatic heterocycles. The van der Waals surface area contributed by atoms with Crippen LogP contribution in [0.4, 0.5) is 0 Å². The number of para-hydroxylation sites is 1. The van der Waals surface area contributed by atoms with E-state index in [9.17, 15) is 0 Å². The van der Waals surface area contributed by atoms with Gasteiger partial charge in [0.05, 0.1) is 11.3 Å². The van der Waals surface area contributed by atoms with Crippen LogP contribution >= 0.6 is 0 Å². The summed E-state index contributed by atoms with van der Waals surface area (Å²) >= 11 is 0. The van der Waals surface area contributed by atoms with Crippen LogP contribution in [0, 0.1) is 20.7 Å². The van der Waals surface area contributed by atoms with Gasteiger partial charge >= 0.3 is 0 Å². The van der Waals surface area contributed by atoms with Crippen LogP contribution in [0.1, 0.15) is 20.9 Å². The summed E-state index contributed by atoms with van der Waals surface area (Å²) in [5.74, 6) is 0. The Morgan fingerprint density at radius 3 is 2.74 bits per heavy atom. The first-order valence-corrected chi connectivity index (χ1v) is 7.56. The SMILES string of the molecule is [2H]C([2H])([2H])c1ccc(-c2c(C)nc3c(oc4ccccc43)c2C)[n+](C)c1. The fraction of sp³-hybridized carbons (Fsp3) is 0.200. The largest absolute Gasteiger partial charge is 0.454 e. The number of hydrogen-bond acceptors (Lipinski definition) is 2. The van der Waals surface area contributed by atoms with Gasteiger partial charge in [-0.1, -0.05) is 12.1 Å². The number of aromatic nitrogens is 2. The Hall–Kier alpha value is -2.68. The summed E-state index contributed by atoms with van der Waals surface area (Å²) in [6.07, 6.45) is 1.66. The van der Waals surface area contributed by atoms with Gasteiger partial charge in [-0.05, 0) is 38.9 Å². The van der Waals surface area contributed by atoms with Crippen LogP contribution < -0.4 is 4.57 Å². The molecule has 114 valence electrons. The summed E-state index contributed by atoms with van der Waals surface area (Å²) in [4.78, 5) is 4.80. The van der Waals surface area contributed by atoms with Crippen molar-refractivity contribution in [1.29, 1.82) is 0 Å². The Balaban J connectivity index is 1.99. The summed E-state index contributed by atoms with van der Waals surface area (Å²) in [6.45, 7) is 1.87. The third kappa shape index (κ3) is 2.04. The van der Waals surface area contributed by atoms with Crippen LogP contribution in [0.5, 0.6) is 0 Å². The monoisotopic (exact) mass is 306 g/mol. The molecule has 1 aromatic carbocycles. The van der Waals surface area contributed by atoms with Crippen molar-refractivity contribution in [2.24, 2.45) is 7.05 Å². The number of furan rings is 1. The van der Waals surface area contributed by atoms with Crippen LogP contribution in [-0.2, 0) is 7.05 Å².